The summed E-state index contributed by atoms with van der Waals surface area (Å²) in [5.41, 5.74) is 0.832. The van der Waals surface area contributed by atoms with Gasteiger partial charge in [-0.25, -0.2) is 9.97 Å². The van der Waals surface area contributed by atoms with Crippen LogP contribution >= 0.6 is 15.9 Å². The molecule has 0 fully saturated rings. The molecule has 6 heteroatoms. The van der Waals surface area contributed by atoms with Crippen molar-refractivity contribution < 1.29 is 9.47 Å². The van der Waals surface area contributed by atoms with Gasteiger partial charge in [0.1, 0.15) is 12.4 Å². The summed E-state index contributed by atoms with van der Waals surface area (Å²) in [6, 6.07) is 0. The molecule has 0 bridgehead atoms. The zero-order valence-corrected chi connectivity index (χ0v) is 12.7. The van der Waals surface area contributed by atoms with Crippen molar-refractivity contribution in [3.8, 4) is 0 Å². The van der Waals surface area contributed by atoms with Crippen molar-refractivity contribution in [1.82, 2.24) is 9.97 Å². The van der Waals surface area contributed by atoms with E-state index in [4.69, 9.17) is 9.47 Å². The molecular formula is C12H20BrN3O2. The Morgan fingerprint density at radius 2 is 2.00 bits per heavy atom. The number of nitrogens with one attached hydrogen (secondary N) is 1. The lowest BCUT2D eigenvalue weighted by molar-refractivity contribution is 0.115. The van der Waals surface area contributed by atoms with Crippen LogP contribution in [0.3, 0.4) is 0 Å². The smallest absolute Gasteiger partial charge is 0.156 e. The molecule has 0 saturated carbocycles. The highest BCUT2D eigenvalue weighted by atomic mass is 79.9. The lowest BCUT2D eigenvalue weighted by Crippen LogP contribution is -2.10. The zero-order chi connectivity index (χ0) is 13.4. The topological polar surface area (TPSA) is 56.3 Å². The fourth-order valence-electron chi connectivity index (χ4n) is 1.43. The van der Waals surface area contributed by atoms with Crippen LogP contribution in [0.15, 0.2) is 4.47 Å². The third-order valence-corrected chi connectivity index (χ3v) is 3.00. The quantitative estimate of drug-likeness (QED) is 0.747. The van der Waals surface area contributed by atoms with Crippen molar-refractivity contribution in [2.75, 3.05) is 25.6 Å². The normalized spacial score (nSPS) is 10.7. The van der Waals surface area contributed by atoms with Crippen LogP contribution in [0.2, 0.25) is 0 Å². The first-order valence-corrected chi connectivity index (χ1v) is 6.88. The standard InChI is InChI=1S/C12H20BrN3O2/c1-4-6-18-8-10-15-9(7-17-3)11(13)12(16-10)14-5-2/h4-8H2,1-3H3,(H,14,15,16). The fraction of sp³-hybridized carbons (Fsp3) is 0.667. The average molecular weight is 318 g/mol. The van der Waals surface area contributed by atoms with Crippen molar-refractivity contribution in [3.05, 3.63) is 16.0 Å². The minimum absolute atomic E-state index is 0.427. The van der Waals surface area contributed by atoms with Crippen LogP contribution in [0.25, 0.3) is 0 Å². The predicted molar refractivity (Wildman–Crippen MR) is 74.6 cm³/mol. The summed E-state index contributed by atoms with van der Waals surface area (Å²) in [5.74, 6) is 1.46. The van der Waals surface area contributed by atoms with E-state index in [1.54, 1.807) is 7.11 Å². The summed E-state index contributed by atoms with van der Waals surface area (Å²) in [7, 11) is 1.65. The molecule has 0 saturated heterocycles. The van der Waals surface area contributed by atoms with Gasteiger partial charge >= 0.3 is 0 Å². The monoisotopic (exact) mass is 317 g/mol. The number of methoxy groups -OCH3 is 1. The molecule has 0 aromatic carbocycles. The van der Waals surface area contributed by atoms with Crippen LogP contribution in [-0.2, 0) is 22.7 Å². The highest BCUT2D eigenvalue weighted by molar-refractivity contribution is 9.10. The summed E-state index contributed by atoms with van der Waals surface area (Å²) in [6.45, 7) is 6.49. The molecule has 0 spiro atoms. The molecule has 0 aliphatic carbocycles. The van der Waals surface area contributed by atoms with Gasteiger partial charge in [0.25, 0.3) is 0 Å². The van der Waals surface area contributed by atoms with Crippen molar-refractivity contribution in [1.29, 1.82) is 0 Å². The Labute approximate surface area is 116 Å². The summed E-state index contributed by atoms with van der Waals surface area (Å²) >= 11 is 3.49. The number of anilines is 1. The molecule has 0 radical (unpaired) electrons. The molecule has 5 nitrogen and oxygen atoms in total. The molecule has 1 rings (SSSR count). The third kappa shape index (κ3) is 4.51. The first kappa shape index (κ1) is 15.3. The Morgan fingerprint density at radius 1 is 1.22 bits per heavy atom. The Kier molecular flexibility index (Phi) is 7.15. The first-order valence-electron chi connectivity index (χ1n) is 6.08. The number of halogens is 1. The largest absolute Gasteiger partial charge is 0.378 e. The van der Waals surface area contributed by atoms with Gasteiger partial charge in [-0.15, -0.1) is 0 Å². The van der Waals surface area contributed by atoms with Gasteiger partial charge in [0.2, 0.25) is 0 Å². The Balaban J connectivity index is 2.88. The van der Waals surface area contributed by atoms with Gasteiger partial charge in [-0.3, -0.25) is 0 Å². The van der Waals surface area contributed by atoms with Gasteiger partial charge in [0.15, 0.2) is 5.82 Å². The van der Waals surface area contributed by atoms with Crippen LogP contribution in [-0.4, -0.2) is 30.2 Å². The second-order valence-corrected chi connectivity index (χ2v) is 4.56. The molecule has 1 aromatic rings. The van der Waals surface area contributed by atoms with E-state index in [-0.39, 0.29) is 0 Å². The Hall–Kier alpha value is -0.720. The third-order valence-electron chi connectivity index (χ3n) is 2.17. The van der Waals surface area contributed by atoms with Crippen LogP contribution < -0.4 is 5.32 Å². The lowest BCUT2D eigenvalue weighted by Gasteiger charge is -2.11. The predicted octanol–water partition coefficient (Wildman–Crippen LogP) is 2.74. The van der Waals surface area contributed by atoms with Gasteiger partial charge in [-0.05, 0) is 29.3 Å². The first-order chi connectivity index (χ1) is 8.72. The molecule has 102 valence electrons. The van der Waals surface area contributed by atoms with E-state index in [0.717, 1.165) is 35.6 Å². The number of aromatic nitrogens is 2. The SMILES string of the molecule is CCCOCc1nc(COC)c(Br)c(NCC)n1. The van der Waals surface area contributed by atoms with E-state index in [9.17, 15) is 0 Å². The van der Waals surface area contributed by atoms with E-state index in [2.05, 4.69) is 38.1 Å². The second-order valence-electron chi connectivity index (χ2n) is 3.77. The number of hydrogen-bond donors (Lipinski definition) is 1. The maximum absolute atomic E-state index is 5.47. The van der Waals surface area contributed by atoms with Crippen molar-refractivity contribution in [3.63, 3.8) is 0 Å². The molecular weight excluding hydrogens is 298 g/mol. The van der Waals surface area contributed by atoms with E-state index in [1.165, 1.54) is 0 Å². The second kappa shape index (κ2) is 8.39. The highest BCUT2D eigenvalue weighted by Crippen LogP contribution is 2.24. The fourth-order valence-corrected chi connectivity index (χ4v) is 1.87. The number of rotatable bonds is 8. The van der Waals surface area contributed by atoms with Gasteiger partial charge < -0.3 is 14.8 Å². The molecule has 1 N–H and O–H groups in total. The highest BCUT2D eigenvalue weighted by Gasteiger charge is 2.11. The molecule has 1 aromatic heterocycles. The number of hydrogen-bond acceptors (Lipinski definition) is 5. The Morgan fingerprint density at radius 3 is 2.61 bits per heavy atom. The maximum Gasteiger partial charge on any atom is 0.156 e. The lowest BCUT2D eigenvalue weighted by atomic mass is 10.4. The summed E-state index contributed by atoms with van der Waals surface area (Å²) in [5, 5.41) is 3.20. The Bertz CT molecular complexity index is 347. The summed E-state index contributed by atoms with van der Waals surface area (Å²) in [4.78, 5) is 8.86. The van der Waals surface area contributed by atoms with Gasteiger partial charge in [0, 0.05) is 20.3 Å². The van der Waals surface area contributed by atoms with E-state index < -0.39 is 0 Å². The molecule has 0 amide bonds. The van der Waals surface area contributed by atoms with Crippen molar-refractivity contribution in [2.24, 2.45) is 0 Å². The van der Waals surface area contributed by atoms with E-state index in [1.807, 2.05) is 6.92 Å². The molecule has 18 heavy (non-hydrogen) atoms. The van der Waals surface area contributed by atoms with Crippen molar-refractivity contribution >= 4 is 21.7 Å². The maximum atomic E-state index is 5.47. The van der Waals surface area contributed by atoms with Crippen LogP contribution in [0.1, 0.15) is 31.8 Å². The molecule has 0 aliphatic rings. The zero-order valence-electron chi connectivity index (χ0n) is 11.1. The van der Waals surface area contributed by atoms with Crippen LogP contribution in [0.5, 0.6) is 0 Å². The number of ether oxygens (including phenoxy) is 2. The average Bonchev–Trinajstić information content (AvgIpc) is 2.35. The molecule has 0 aliphatic heterocycles. The van der Waals surface area contributed by atoms with Crippen LogP contribution in [0.4, 0.5) is 5.82 Å². The van der Waals surface area contributed by atoms with Crippen molar-refractivity contribution in [2.45, 2.75) is 33.5 Å². The van der Waals surface area contributed by atoms with Gasteiger partial charge in [0.05, 0.1) is 16.8 Å². The van der Waals surface area contributed by atoms with Gasteiger partial charge in [-0.1, -0.05) is 6.92 Å². The van der Waals surface area contributed by atoms with Gasteiger partial charge in [-0.2, -0.15) is 0 Å². The molecule has 0 unspecified atom stereocenters. The molecule has 0 atom stereocenters. The minimum Gasteiger partial charge on any atom is -0.378 e. The minimum atomic E-state index is 0.427. The van der Waals surface area contributed by atoms with E-state index in [0.29, 0.717) is 19.0 Å². The van der Waals surface area contributed by atoms with Crippen LogP contribution in [0, 0.1) is 0 Å². The number of nitrogens with zero attached hydrogens (tertiary/aromatic N) is 2. The molecule has 1 heterocycles. The summed E-state index contributed by atoms with van der Waals surface area (Å²) in [6.07, 6.45) is 0.988. The van der Waals surface area contributed by atoms with E-state index >= 15 is 0 Å². The summed E-state index contributed by atoms with van der Waals surface area (Å²) < 4.78 is 11.5.